The van der Waals surface area contributed by atoms with Crippen LogP contribution in [0, 0.1) is 20.2 Å². The smallest absolute Gasteiger partial charge is 0.355 e. The molecule has 0 saturated carbocycles. The van der Waals surface area contributed by atoms with Crippen LogP contribution in [0.3, 0.4) is 0 Å². The van der Waals surface area contributed by atoms with Gasteiger partial charge in [-0.2, -0.15) is 0 Å². The van der Waals surface area contributed by atoms with E-state index in [9.17, 15) is 20.2 Å². The largest absolute Gasteiger partial charge is 0.492 e. The molecule has 3 N–H and O–H groups in total. The van der Waals surface area contributed by atoms with E-state index in [1.54, 1.807) is 24.3 Å². The third kappa shape index (κ3) is 4.67. The van der Waals surface area contributed by atoms with E-state index in [1.807, 2.05) is 6.92 Å². The zero-order valence-corrected chi connectivity index (χ0v) is 15.7. The van der Waals surface area contributed by atoms with Crippen molar-refractivity contribution in [1.29, 1.82) is 0 Å². The van der Waals surface area contributed by atoms with Crippen molar-refractivity contribution in [2.45, 2.75) is 6.92 Å². The molecule has 0 amide bonds. The second kappa shape index (κ2) is 9.14. The lowest BCUT2D eigenvalue weighted by Crippen LogP contribution is -2.13. The maximum Gasteiger partial charge on any atom is 0.355 e. The molecule has 0 fully saturated rings. The van der Waals surface area contributed by atoms with Gasteiger partial charge in [0.2, 0.25) is 11.6 Å². The van der Waals surface area contributed by atoms with Crippen LogP contribution in [0.2, 0.25) is 0 Å². The molecule has 0 bridgehead atoms. The fraction of sp³-hybridized carbons (Fsp3) is 0.111. The predicted molar refractivity (Wildman–Crippen MR) is 110 cm³/mol. The summed E-state index contributed by atoms with van der Waals surface area (Å²) in [6.07, 6.45) is 1.17. The molecular formula is C18H17N7O5. The minimum absolute atomic E-state index is 0.0323. The zero-order chi connectivity index (χ0) is 21.5. The van der Waals surface area contributed by atoms with E-state index in [2.05, 4.69) is 26.1 Å². The van der Waals surface area contributed by atoms with Crippen LogP contribution < -0.4 is 20.9 Å². The van der Waals surface area contributed by atoms with Gasteiger partial charge in [0, 0.05) is 12.1 Å². The van der Waals surface area contributed by atoms with Crippen LogP contribution in [0.5, 0.6) is 5.75 Å². The highest BCUT2D eigenvalue weighted by Crippen LogP contribution is 2.34. The van der Waals surface area contributed by atoms with Gasteiger partial charge in [-0.1, -0.05) is 12.1 Å². The molecular weight excluding hydrogens is 394 g/mol. The molecule has 12 nitrogen and oxygen atoms in total. The van der Waals surface area contributed by atoms with Crippen LogP contribution in [-0.2, 0) is 0 Å². The number of anilines is 4. The van der Waals surface area contributed by atoms with E-state index < -0.39 is 15.5 Å². The van der Waals surface area contributed by atoms with Gasteiger partial charge in [0.05, 0.1) is 27.8 Å². The summed E-state index contributed by atoms with van der Waals surface area (Å²) >= 11 is 0. The normalized spacial score (nSPS) is 10.2. The summed E-state index contributed by atoms with van der Waals surface area (Å²) in [5, 5.41) is 25.3. The molecule has 0 unspecified atom stereocenters. The van der Waals surface area contributed by atoms with Crippen LogP contribution >= 0.6 is 0 Å². The average molecular weight is 411 g/mol. The molecule has 1 heterocycles. The first kappa shape index (κ1) is 20.3. The molecule has 0 atom stereocenters. The first-order valence-electron chi connectivity index (χ1n) is 8.74. The van der Waals surface area contributed by atoms with Gasteiger partial charge in [-0.05, 0) is 31.2 Å². The topological polar surface area (TPSA) is 157 Å². The minimum atomic E-state index is -0.620. The average Bonchev–Trinajstić information content (AvgIpc) is 2.74. The number of ether oxygens (including phenoxy) is 1. The molecule has 0 saturated heterocycles. The number of hydrazine groups is 1. The quantitative estimate of drug-likeness (QED) is 0.348. The maximum atomic E-state index is 11.7. The van der Waals surface area contributed by atoms with E-state index in [0.717, 1.165) is 0 Å². The Kier molecular flexibility index (Phi) is 6.17. The van der Waals surface area contributed by atoms with Crippen molar-refractivity contribution in [3.8, 4) is 5.75 Å². The lowest BCUT2D eigenvalue weighted by Gasteiger charge is -2.13. The Morgan fingerprint density at radius 1 is 0.933 bits per heavy atom. The lowest BCUT2D eigenvalue weighted by atomic mass is 10.3. The van der Waals surface area contributed by atoms with Gasteiger partial charge < -0.3 is 10.1 Å². The van der Waals surface area contributed by atoms with Crippen molar-refractivity contribution in [2.24, 2.45) is 0 Å². The van der Waals surface area contributed by atoms with Gasteiger partial charge in [-0.25, -0.2) is 9.97 Å². The van der Waals surface area contributed by atoms with E-state index >= 15 is 0 Å². The highest BCUT2D eigenvalue weighted by atomic mass is 16.6. The highest BCUT2D eigenvalue weighted by molar-refractivity contribution is 5.76. The zero-order valence-electron chi connectivity index (χ0n) is 15.7. The fourth-order valence-electron chi connectivity index (χ4n) is 2.51. The van der Waals surface area contributed by atoms with Crippen molar-refractivity contribution < 1.29 is 14.6 Å². The highest BCUT2D eigenvalue weighted by Gasteiger charge is 2.24. The minimum Gasteiger partial charge on any atom is -0.492 e. The number of nitrogens with one attached hydrogen (secondary N) is 3. The Bertz CT molecular complexity index is 1060. The number of para-hydroxylation sites is 2. The standard InChI is InChI=1S/C18H17N7O5/c1-2-30-15-6-4-3-5-14(15)21-17-16(25(28)29)18(20-11-19-17)23-22-12-7-9-13(10-8-12)24(26)27/h3-11,22H,2H2,1H3,(H2,19,20,21,23). The molecule has 12 heteroatoms. The number of hydrogen-bond donors (Lipinski definition) is 3. The number of nitro benzene ring substituents is 1. The molecule has 3 rings (SSSR count). The predicted octanol–water partition coefficient (Wildman–Crippen LogP) is 3.87. The summed E-state index contributed by atoms with van der Waals surface area (Å²) in [4.78, 5) is 29.2. The van der Waals surface area contributed by atoms with Crippen molar-refractivity contribution in [3.05, 3.63) is 75.1 Å². The first-order valence-corrected chi connectivity index (χ1v) is 8.74. The molecule has 154 valence electrons. The van der Waals surface area contributed by atoms with Crippen molar-refractivity contribution in [1.82, 2.24) is 9.97 Å². The van der Waals surface area contributed by atoms with Gasteiger partial charge in [-0.15, -0.1) is 0 Å². The Morgan fingerprint density at radius 2 is 1.63 bits per heavy atom. The first-order chi connectivity index (χ1) is 14.5. The number of nitrogens with zero attached hydrogens (tertiary/aromatic N) is 4. The number of non-ortho nitro benzene ring substituents is 1. The molecule has 30 heavy (non-hydrogen) atoms. The van der Waals surface area contributed by atoms with Crippen LogP contribution in [0.25, 0.3) is 0 Å². The molecule has 2 aromatic carbocycles. The number of benzene rings is 2. The monoisotopic (exact) mass is 411 g/mol. The number of nitro groups is 2. The lowest BCUT2D eigenvalue weighted by molar-refractivity contribution is -0.384. The van der Waals surface area contributed by atoms with E-state index in [1.165, 1.54) is 30.6 Å². The fourth-order valence-corrected chi connectivity index (χ4v) is 2.51. The van der Waals surface area contributed by atoms with E-state index in [4.69, 9.17) is 4.74 Å². The number of hydrogen-bond acceptors (Lipinski definition) is 10. The Balaban J connectivity index is 1.84. The van der Waals surface area contributed by atoms with Gasteiger partial charge >= 0.3 is 5.69 Å². The van der Waals surface area contributed by atoms with Gasteiger partial charge in [0.1, 0.15) is 12.1 Å². The number of rotatable bonds is 9. The summed E-state index contributed by atoms with van der Waals surface area (Å²) < 4.78 is 5.52. The Morgan fingerprint density at radius 3 is 2.30 bits per heavy atom. The summed E-state index contributed by atoms with van der Waals surface area (Å²) in [5.74, 6) is 0.395. The van der Waals surface area contributed by atoms with Crippen molar-refractivity contribution in [2.75, 3.05) is 22.8 Å². The van der Waals surface area contributed by atoms with Crippen LogP contribution in [0.15, 0.2) is 54.9 Å². The molecule has 0 spiro atoms. The Labute approximate surface area is 170 Å². The summed E-state index contributed by atoms with van der Waals surface area (Å²) in [6.45, 7) is 2.26. The number of aromatic nitrogens is 2. The van der Waals surface area contributed by atoms with Gasteiger partial charge in [-0.3, -0.25) is 31.1 Å². The molecule has 0 aliphatic carbocycles. The van der Waals surface area contributed by atoms with Crippen LogP contribution in [-0.4, -0.2) is 26.4 Å². The van der Waals surface area contributed by atoms with Crippen molar-refractivity contribution in [3.63, 3.8) is 0 Å². The molecule has 3 aromatic rings. The molecule has 1 aromatic heterocycles. The second-order valence-corrected chi connectivity index (χ2v) is 5.78. The van der Waals surface area contributed by atoms with E-state index in [0.29, 0.717) is 23.7 Å². The summed E-state index contributed by atoms with van der Waals surface area (Å²) in [6, 6.07) is 12.5. The second-order valence-electron chi connectivity index (χ2n) is 5.78. The van der Waals surface area contributed by atoms with Crippen LogP contribution in [0.4, 0.5) is 34.4 Å². The van der Waals surface area contributed by atoms with Gasteiger partial charge in [0.15, 0.2) is 0 Å². The summed E-state index contributed by atoms with van der Waals surface area (Å²) in [5.41, 5.74) is 5.86. The van der Waals surface area contributed by atoms with E-state index in [-0.39, 0.29) is 17.3 Å². The molecule has 0 radical (unpaired) electrons. The Hall–Kier alpha value is -4.48. The summed E-state index contributed by atoms with van der Waals surface area (Å²) in [7, 11) is 0. The molecule has 0 aliphatic heterocycles. The van der Waals surface area contributed by atoms with Gasteiger partial charge in [0.25, 0.3) is 5.69 Å². The molecule has 0 aliphatic rings. The third-order valence-electron chi connectivity index (χ3n) is 3.85. The third-order valence-corrected chi connectivity index (χ3v) is 3.85. The van der Waals surface area contributed by atoms with Crippen molar-refractivity contribution >= 4 is 34.4 Å². The SMILES string of the molecule is CCOc1ccccc1Nc1ncnc(NNc2ccc([N+](=O)[O-])cc2)c1[N+](=O)[O-]. The van der Waals surface area contributed by atoms with Crippen LogP contribution in [0.1, 0.15) is 6.92 Å². The maximum absolute atomic E-state index is 11.7.